The van der Waals surface area contributed by atoms with E-state index in [4.69, 9.17) is 0 Å². The normalized spacial score (nSPS) is 14.7. The molecule has 2 aromatic heterocycles. The fraction of sp³-hybridized carbons (Fsp3) is 0.0390. The van der Waals surface area contributed by atoms with Crippen LogP contribution in [0.5, 0.6) is 0 Å². The van der Waals surface area contributed by atoms with Gasteiger partial charge in [-0.2, -0.15) is 0 Å². The maximum absolute atomic E-state index is 2.50. The Kier molecular flexibility index (Phi) is 10.3. The summed E-state index contributed by atoms with van der Waals surface area (Å²) in [5.41, 5.74) is 25.0. The van der Waals surface area contributed by atoms with E-state index in [-0.39, 0.29) is 5.41 Å². The van der Waals surface area contributed by atoms with E-state index in [0.717, 1.165) is 12.8 Å². The molecule has 79 heavy (non-hydrogen) atoms. The van der Waals surface area contributed by atoms with E-state index in [9.17, 15) is 0 Å². The van der Waals surface area contributed by atoms with Crippen LogP contribution in [0.15, 0.2) is 267 Å². The van der Waals surface area contributed by atoms with Crippen molar-refractivity contribution in [3.63, 3.8) is 0 Å². The van der Waals surface area contributed by atoms with Crippen LogP contribution in [0.25, 0.3) is 123 Å². The highest BCUT2D eigenvalue weighted by Crippen LogP contribution is 2.59. The minimum Gasteiger partial charge on any atom is -0.309 e. The molecular formula is C77H52N2. The molecule has 14 aromatic rings. The van der Waals surface area contributed by atoms with Gasteiger partial charge in [-0.1, -0.05) is 212 Å². The third-order valence-corrected chi connectivity index (χ3v) is 17.3. The Labute approximate surface area is 459 Å². The van der Waals surface area contributed by atoms with Crippen LogP contribution >= 0.6 is 0 Å². The molecule has 2 aliphatic carbocycles. The van der Waals surface area contributed by atoms with Gasteiger partial charge in [-0.3, -0.25) is 0 Å². The van der Waals surface area contributed by atoms with Crippen LogP contribution in [-0.4, -0.2) is 9.13 Å². The third kappa shape index (κ3) is 7.33. The van der Waals surface area contributed by atoms with Gasteiger partial charge in [0, 0.05) is 38.3 Å². The minimum absolute atomic E-state index is 0.246. The maximum Gasteiger partial charge on any atom is 0.0541 e. The predicted molar refractivity (Wildman–Crippen MR) is 334 cm³/mol. The minimum atomic E-state index is -0.246. The molecule has 0 radical (unpaired) electrons. The first kappa shape index (κ1) is 45.2. The van der Waals surface area contributed by atoms with Crippen LogP contribution in [0.1, 0.15) is 50.9 Å². The molecule has 0 bridgehead atoms. The van der Waals surface area contributed by atoms with Crippen molar-refractivity contribution in [2.75, 3.05) is 0 Å². The third-order valence-electron chi connectivity index (χ3n) is 17.3. The van der Waals surface area contributed by atoms with Gasteiger partial charge in [0.15, 0.2) is 0 Å². The number of rotatable bonds is 8. The molecule has 1 spiro atoms. The monoisotopic (exact) mass is 1000 g/mol. The molecule has 0 saturated carbocycles. The zero-order chi connectivity index (χ0) is 52.0. The van der Waals surface area contributed by atoms with Crippen molar-refractivity contribution >= 4 is 78.7 Å². The molecule has 0 saturated heterocycles. The summed E-state index contributed by atoms with van der Waals surface area (Å²) < 4.78 is 4.75. The fourth-order valence-corrected chi connectivity index (χ4v) is 13.5. The molecule has 0 unspecified atom stereocenters. The number of fused-ring (bicyclic) bond motifs is 14. The van der Waals surface area contributed by atoms with Gasteiger partial charge >= 0.3 is 0 Å². The molecular weight excluding hydrogens is 953 g/mol. The van der Waals surface area contributed by atoms with E-state index in [1.54, 1.807) is 0 Å². The van der Waals surface area contributed by atoms with Gasteiger partial charge in [-0.15, -0.1) is 0 Å². The molecule has 2 aliphatic rings. The second-order valence-corrected chi connectivity index (χ2v) is 21.6. The lowest BCUT2D eigenvalue weighted by Gasteiger charge is -2.29. The van der Waals surface area contributed by atoms with E-state index in [1.165, 1.54) is 144 Å². The van der Waals surface area contributed by atoms with Crippen LogP contribution in [0.3, 0.4) is 0 Å². The lowest BCUT2D eigenvalue weighted by atomic mass is 9.72. The van der Waals surface area contributed by atoms with Gasteiger partial charge in [0.05, 0.1) is 22.1 Å². The molecule has 370 valence electrons. The summed E-state index contributed by atoms with van der Waals surface area (Å²) in [6, 6.07) is 98.9. The molecule has 0 amide bonds. The summed E-state index contributed by atoms with van der Waals surface area (Å²) in [7, 11) is 0. The van der Waals surface area contributed by atoms with Crippen molar-refractivity contribution in [2.24, 2.45) is 0 Å². The number of hydrogen-bond donors (Lipinski definition) is 0. The first-order chi connectivity index (χ1) is 39.1. The van der Waals surface area contributed by atoms with E-state index in [0.29, 0.717) is 0 Å². The van der Waals surface area contributed by atoms with Crippen molar-refractivity contribution < 1.29 is 0 Å². The molecule has 2 heteroatoms. The Balaban J connectivity index is 0.701. The average Bonchev–Trinajstić information content (AvgIpc) is 4.45. The highest BCUT2D eigenvalue weighted by molar-refractivity contribution is 6.12. The number of para-hydroxylation sites is 4. The Bertz CT molecular complexity index is 4540. The van der Waals surface area contributed by atoms with E-state index in [2.05, 4.69) is 300 Å². The predicted octanol–water partition coefficient (Wildman–Crippen LogP) is 20.0. The number of benzene rings is 12. The molecule has 0 atom stereocenters. The number of aromatic nitrogens is 2. The van der Waals surface area contributed by atoms with Gasteiger partial charge in [0.25, 0.3) is 0 Å². The van der Waals surface area contributed by atoms with Gasteiger partial charge in [0.2, 0.25) is 0 Å². The number of aryl methyl sites for hydroxylation is 1. The van der Waals surface area contributed by atoms with Crippen LogP contribution in [0, 0.1) is 0 Å². The Morgan fingerprint density at radius 1 is 0.291 bits per heavy atom. The standard InChI is InChI=1S/C77H52N2/c1-3-15-62(16-4-1)78-73-21-11-9-19-66(73)68-48-59(37-41-75(68)78)55-33-27-51(28-34-55)23-25-53-31-39-64-65-40-32-54(46-72(65)77(71(64)45-53)44-43-61-47-57-13-7-8-14-58(57)50-70(61)77)26-24-52-29-35-56(36-30-52)60-38-42-76-69(49-60)67-20-10-12-22-74(67)79(76)63-17-5-2-6-18-63/h1-42,45-50H,43-44H2. The van der Waals surface area contributed by atoms with Crippen molar-refractivity contribution in [1.29, 1.82) is 0 Å². The summed E-state index contributed by atoms with van der Waals surface area (Å²) >= 11 is 0. The molecule has 0 aliphatic heterocycles. The lowest BCUT2D eigenvalue weighted by molar-refractivity contribution is 0.626. The van der Waals surface area contributed by atoms with Crippen LogP contribution in [-0.2, 0) is 11.8 Å². The quantitative estimate of drug-likeness (QED) is 0.134. The van der Waals surface area contributed by atoms with Gasteiger partial charge in [-0.25, -0.2) is 0 Å². The Hall–Kier alpha value is -10.0. The van der Waals surface area contributed by atoms with E-state index < -0.39 is 0 Å². The van der Waals surface area contributed by atoms with Gasteiger partial charge < -0.3 is 9.13 Å². The smallest absolute Gasteiger partial charge is 0.0541 e. The summed E-state index contributed by atoms with van der Waals surface area (Å²) in [5.74, 6) is 0. The van der Waals surface area contributed by atoms with E-state index in [1.807, 2.05) is 0 Å². The van der Waals surface area contributed by atoms with Gasteiger partial charge in [-0.05, 0) is 180 Å². The Morgan fingerprint density at radius 2 is 0.696 bits per heavy atom. The maximum atomic E-state index is 2.50. The van der Waals surface area contributed by atoms with Crippen LogP contribution in [0.4, 0.5) is 0 Å². The largest absolute Gasteiger partial charge is 0.309 e. The van der Waals surface area contributed by atoms with Crippen molar-refractivity contribution in [3.8, 4) is 44.8 Å². The Morgan fingerprint density at radius 3 is 1.20 bits per heavy atom. The summed E-state index contributed by atoms with van der Waals surface area (Å²) in [4.78, 5) is 0. The molecule has 0 N–H and O–H groups in total. The van der Waals surface area contributed by atoms with Crippen LogP contribution < -0.4 is 0 Å². The lowest BCUT2D eigenvalue weighted by Crippen LogP contribution is -2.23. The topological polar surface area (TPSA) is 9.86 Å². The molecule has 0 fully saturated rings. The molecule has 16 rings (SSSR count). The number of hydrogen-bond acceptors (Lipinski definition) is 0. The van der Waals surface area contributed by atoms with E-state index >= 15 is 0 Å². The molecule has 12 aromatic carbocycles. The second kappa shape index (κ2) is 18.1. The molecule has 2 heterocycles. The highest BCUT2D eigenvalue weighted by Gasteiger charge is 2.48. The van der Waals surface area contributed by atoms with Crippen molar-refractivity contribution in [3.05, 3.63) is 311 Å². The summed E-state index contributed by atoms with van der Waals surface area (Å²) in [6.45, 7) is 0. The van der Waals surface area contributed by atoms with Crippen molar-refractivity contribution in [1.82, 2.24) is 9.13 Å². The van der Waals surface area contributed by atoms with Crippen LogP contribution in [0.2, 0.25) is 0 Å². The average molecular weight is 1010 g/mol. The SMILES string of the molecule is C(=Cc1ccc2c(c1)C1(CCc3cc4ccccc4cc31)c1cc(C=Cc3ccc(-c4ccc5c(c4)c4ccccc4n5-c4ccccc4)cc3)ccc1-2)c1ccc(-c2ccc3c(c2)c2ccccc2n3-c2ccccc2)cc1. The second-order valence-electron chi connectivity index (χ2n) is 21.6. The van der Waals surface area contributed by atoms with Crippen molar-refractivity contribution in [2.45, 2.75) is 18.3 Å². The highest BCUT2D eigenvalue weighted by atomic mass is 15.0. The fourth-order valence-electron chi connectivity index (χ4n) is 13.5. The summed E-state index contributed by atoms with van der Waals surface area (Å²) in [6.07, 6.45) is 11.2. The number of nitrogens with zero attached hydrogens (tertiary/aromatic N) is 2. The zero-order valence-electron chi connectivity index (χ0n) is 43.5. The summed E-state index contributed by atoms with van der Waals surface area (Å²) in [5, 5.41) is 7.67. The zero-order valence-corrected chi connectivity index (χ0v) is 43.5. The molecule has 2 nitrogen and oxygen atoms in total. The van der Waals surface area contributed by atoms with Gasteiger partial charge in [0.1, 0.15) is 0 Å². The first-order valence-electron chi connectivity index (χ1n) is 27.7. The first-order valence-corrected chi connectivity index (χ1v) is 27.7.